The van der Waals surface area contributed by atoms with Crippen LogP contribution in [-0.4, -0.2) is 115 Å². The maximum Gasteiger partial charge on any atom is 0.481 e. The summed E-state index contributed by atoms with van der Waals surface area (Å²) < 4.78 is 12.7. The number of unbranched alkanes of at least 4 members (excludes halogenated alkanes) is 2. The van der Waals surface area contributed by atoms with Gasteiger partial charge in [-0.3, -0.25) is 33.6 Å². The summed E-state index contributed by atoms with van der Waals surface area (Å²) in [7, 11) is -0.764. The molecule has 4 fully saturated rings. The Labute approximate surface area is 400 Å². The normalized spacial score (nSPS) is 22.7. The van der Waals surface area contributed by atoms with Gasteiger partial charge in [0.1, 0.15) is 24.2 Å². The van der Waals surface area contributed by atoms with Crippen LogP contribution in [0.1, 0.15) is 122 Å². The second-order valence-corrected chi connectivity index (χ2v) is 19.6. The fourth-order valence-electron chi connectivity index (χ4n) is 9.72. The maximum absolute atomic E-state index is 13.6. The van der Waals surface area contributed by atoms with Crippen molar-refractivity contribution in [2.24, 2.45) is 28.7 Å². The van der Waals surface area contributed by atoms with Gasteiger partial charge < -0.3 is 57.8 Å². The number of nitrogens with one attached hydrogen (secondary N) is 6. The lowest BCUT2D eigenvalue weighted by atomic mass is 9.43. The molecule has 0 radical (unpaired) electrons. The molecule has 1 aliphatic heterocycles. The van der Waals surface area contributed by atoms with Crippen LogP contribution in [0.5, 0.6) is 0 Å². The summed E-state index contributed by atoms with van der Waals surface area (Å²) in [5.74, 6) is -4.89. The fraction of sp³-hybridized carbons (Fsp3) is 0.612. The third-order valence-corrected chi connectivity index (χ3v) is 14.1. The van der Waals surface area contributed by atoms with E-state index in [9.17, 15) is 38.7 Å². The number of carbonyl (C=O) groups is 7. The number of primary amides is 1. The molecule has 19 heteroatoms. The van der Waals surface area contributed by atoms with Gasteiger partial charge in [0.15, 0.2) is 0 Å². The molecule has 6 rings (SSSR count). The highest BCUT2D eigenvalue weighted by molar-refractivity contribution is 6.47. The summed E-state index contributed by atoms with van der Waals surface area (Å²) in [5, 5.41) is 26.2. The Hall–Kier alpha value is -5.37. The minimum absolute atomic E-state index is 0.0228. The van der Waals surface area contributed by atoms with Crippen molar-refractivity contribution in [2.45, 2.75) is 161 Å². The number of benzene rings is 2. The molecule has 0 aromatic heterocycles. The van der Waals surface area contributed by atoms with Gasteiger partial charge in [-0.2, -0.15) is 0 Å². The van der Waals surface area contributed by atoms with E-state index in [1.54, 1.807) is 19.1 Å². The first-order chi connectivity index (χ1) is 32.2. The van der Waals surface area contributed by atoms with Gasteiger partial charge in [-0.05, 0) is 125 Å². The quantitative estimate of drug-likeness (QED) is 0.0512. The number of hydrogen-bond acceptors (Lipinski definition) is 11. The predicted molar refractivity (Wildman–Crippen MR) is 257 cm³/mol. The van der Waals surface area contributed by atoms with Crippen LogP contribution in [0.15, 0.2) is 48.5 Å². The van der Waals surface area contributed by atoms with Crippen LogP contribution in [-0.2, 0) is 44.5 Å². The van der Waals surface area contributed by atoms with Gasteiger partial charge in [-0.15, -0.1) is 0 Å². The average molecular weight is 945 g/mol. The largest absolute Gasteiger partial charge is 0.481 e. The van der Waals surface area contributed by atoms with Crippen LogP contribution in [0, 0.1) is 17.3 Å². The Morgan fingerprint density at radius 3 is 2.04 bits per heavy atom. The van der Waals surface area contributed by atoms with Crippen molar-refractivity contribution in [2.75, 3.05) is 13.1 Å². The van der Waals surface area contributed by atoms with E-state index in [0.29, 0.717) is 36.8 Å². The molecule has 2 aromatic carbocycles. The third-order valence-electron chi connectivity index (χ3n) is 14.1. The van der Waals surface area contributed by atoms with Crippen molar-refractivity contribution in [3.8, 4) is 11.1 Å². The van der Waals surface area contributed by atoms with Crippen molar-refractivity contribution in [1.82, 2.24) is 31.9 Å². The van der Waals surface area contributed by atoms with Gasteiger partial charge >= 0.3 is 7.12 Å². The molecule has 4 aliphatic rings. The Kier molecular flexibility index (Phi) is 18.7. The summed E-state index contributed by atoms with van der Waals surface area (Å²) in [6, 6.07) is 10.1. The number of nitrogens with two attached hydrogens (primary N) is 2. The summed E-state index contributed by atoms with van der Waals surface area (Å²) in [6.07, 6.45) is 4.06. The summed E-state index contributed by atoms with van der Waals surface area (Å²) in [4.78, 5) is 92.0. The molecule has 7 amide bonds. The molecule has 3 aliphatic carbocycles. The van der Waals surface area contributed by atoms with Gasteiger partial charge in [-0.1, -0.05) is 63.6 Å². The first-order valence-electron chi connectivity index (χ1n) is 24.2. The molecule has 18 nitrogen and oxygen atoms in total. The van der Waals surface area contributed by atoms with E-state index in [1.807, 2.05) is 12.1 Å². The Bertz CT molecular complexity index is 2110. The molecular weight excluding hydrogens is 871 g/mol. The molecule has 3 saturated carbocycles. The minimum atomic E-state index is -1.57. The Morgan fingerprint density at radius 2 is 1.44 bits per heavy atom. The molecule has 11 N–H and O–H groups in total. The molecule has 372 valence electrons. The predicted octanol–water partition coefficient (Wildman–Crippen LogP) is 1.93. The van der Waals surface area contributed by atoms with Gasteiger partial charge in [0.2, 0.25) is 35.4 Å². The van der Waals surface area contributed by atoms with Crippen LogP contribution < -0.4 is 43.4 Å². The lowest BCUT2D eigenvalue weighted by molar-refractivity contribution is -0.199. The zero-order chi connectivity index (χ0) is 49.9. The van der Waals surface area contributed by atoms with E-state index in [2.05, 4.69) is 83.9 Å². The van der Waals surface area contributed by atoms with Crippen LogP contribution in [0.3, 0.4) is 0 Å². The highest BCUT2D eigenvalue weighted by atomic mass is 16.7. The van der Waals surface area contributed by atoms with Crippen molar-refractivity contribution < 1.29 is 48.0 Å². The molecule has 68 heavy (non-hydrogen) atoms. The van der Waals surface area contributed by atoms with Crippen LogP contribution in [0.2, 0.25) is 0 Å². The Morgan fingerprint density at radius 1 is 0.794 bits per heavy atom. The van der Waals surface area contributed by atoms with Crippen LogP contribution in [0.25, 0.3) is 11.1 Å². The average Bonchev–Trinajstić information content (AvgIpc) is 3.67. The number of aryl methyl sites for hydroxylation is 1. The first-order valence-corrected chi connectivity index (χ1v) is 24.2. The number of carbonyl (C=O) groups excluding carboxylic acids is 7. The Balaban J connectivity index is 1.10. The van der Waals surface area contributed by atoms with E-state index >= 15 is 0 Å². The summed E-state index contributed by atoms with van der Waals surface area (Å²) >= 11 is 0. The van der Waals surface area contributed by atoms with E-state index in [1.165, 1.54) is 19.4 Å². The van der Waals surface area contributed by atoms with Crippen molar-refractivity contribution in [1.29, 1.82) is 0 Å². The van der Waals surface area contributed by atoms with Crippen molar-refractivity contribution in [3.63, 3.8) is 0 Å². The van der Waals surface area contributed by atoms with Gasteiger partial charge in [-0.25, -0.2) is 0 Å². The van der Waals surface area contributed by atoms with E-state index in [0.717, 1.165) is 43.2 Å². The molecule has 2 bridgehead atoms. The smallest absolute Gasteiger partial charge is 0.404 e. The molecule has 1 heterocycles. The first kappa shape index (κ1) is 53.6. The third kappa shape index (κ3) is 13.4. The number of rotatable bonds is 25. The fourth-order valence-corrected chi connectivity index (χ4v) is 9.72. The van der Waals surface area contributed by atoms with E-state index in [4.69, 9.17) is 20.8 Å². The number of hydrogen-bond donors (Lipinski definition) is 9. The van der Waals surface area contributed by atoms with E-state index < -0.39 is 90.8 Å². The molecular formula is C49H73BN8O10. The lowest BCUT2D eigenvalue weighted by Gasteiger charge is -2.64. The molecule has 0 spiro atoms. The maximum atomic E-state index is 13.6. The number of aliphatic hydroxyl groups is 1. The standard InChI is InChI=1S/C49H73BN8O10/c1-8-9-12-31-14-16-32(17-15-31)33-18-20-34(21-19-33)44(63)53-24-22-41(61)56-36(13-10-11-23-51)45(64)58-42(29(3)59)47(66)54-28(2)43(62)57-37(27-40(52)60)46(65)55-30(4)50-67-39-26-35-25-38(48(35,5)6)49(39,7)68-50/h14-21,28-30,35-39,42,59H,8-13,22-27,51H2,1-7H3,(H2,52,60)(H,53,63)(H,54,66)(H,55,65)(H,56,61)(H,57,62)(H,58,64)/t28-,29?,30-,35-,36-,37-,38-,39?,42?,49-/m0/s1. The zero-order valence-corrected chi connectivity index (χ0v) is 40.7. The van der Waals surface area contributed by atoms with Gasteiger partial charge in [0.25, 0.3) is 5.91 Å². The number of amides is 7. The highest BCUT2D eigenvalue weighted by Gasteiger charge is 2.68. The summed E-state index contributed by atoms with van der Waals surface area (Å²) in [6.45, 7) is 13.3. The highest BCUT2D eigenvalue weighted by Crippen LogP contribution is 2.65. The zero-order valence-electron chi connectivity index (χ0n) is 40.7. The topological polar surface area (TPSA) is 282 Å². The monoisotopic (exact) mass is 945 g/mol. The van der Waals surface area contributed by atoms with Gasteiger partial charge in [0, 0.05) is 18.5 Å². The van der Waals surface area contributed by atoms with E-state index in [-0.39, 0.29) is 36.8 Å². The lowest BCUT2D eigenvalue weighted by Crippen LogP contribution is -2.65. The summed E-state index contributed by atoms with van der Waals surface area (Å²) in [5.41, 5.74) is 14.4. The van der Waals surface area contributed by atoms with Crippen LogP contribution >= 0.6 is 0 Å². The molecule has 10 atom stereocenters. The molecule has 1 saturated heterocycles. The van der Waals surface area contributed by atoms with Crippen molar-refractivity contribution in [3.05, 3.63) is 59.7 Å². The number of aliphatic hydroxyl groups excluding tert-OH is 1. The molecule has 2 aromatic rings. The van der Waals surface area contributed by atoms with Crippen molar-refractivity contribution >= 4 is 48.5 Å². The minimum Gasteiger partial charge on any atom is -0.404 e. The van der Waals surface area contributed by atoms with Gasteiger partial charge in [0.05, 0.1) is 30.2 Å². The second kappa shape index (κ2) is 23.8. The SMILES string of the molecule is CCCCc1ccc(-c2ccc(C(=O)NCCC(=O)N[C@@H](CCCCN)C(=O)NC(C(=O)N[C@@H](C)C(=O)N[C@@H](CC(N)=O)C(=O)N[C@@H](C)B3OC4C[C@@H]5C[C@@H](C5(C)C)[C@]4(C)O3)C(C)O)cc2)cc1. The second-order valence-electron chi connectivity index (χ2n) is 19.6. The molecule has 3 unspecified atom stereocenters. The van der Waals surface area contributed by atoms with Crippen LogP contribution in [0.4, 0.5) is 0 Å².